The van der Waals surface area contributed by atoms with E-state index in [4.69, 9.17) is 26.3 Å². The second kappa shape index (κ2) is 8.59. The van der Waals surface area contributed by atoms with Crippen LogP contribution in [0.3, 0.4) is 0 Å². The molecule has 1 aliphatic rings. The average Bonchev–Trinajstić information content (AvgIpc) is 2.96. The number of hydrogen-bond acceptors (Lipinski definition) is 5. The van der Waals surface area contributed by atoms with Crippen LogP contribution in [-0.4, -0.2) is 24.8 Å². The number of nitrogens with zero attached hydrogens (tertiary/aromatic N) is 3. The van der Waals surface area contributed by atoms with Gasteiger partial charge < -0.3 is 9.47 Å². The zero-order chi connectivity index (χ0) is 20.1. The lowest BCUT2D eigenvalue weighted by molar-refractivity contribution is -0.114. The van der Waals surface area contributed by atoms with Crippen molar-refractivity contribution in [1.29, 1.82) is 5.26 Å². The molecule has 1 heterocycles. The molecule has 0 fully saturated rings. The highest BCUT2D eigenvalue weighted by Gasteiger charge is 2.29. The molecule has 3 rings (SSSR count). The minimum atomic E-state index is -0.256. The third-order valence-electron chi connectivity index (χ3n) is 4.01. The Bertz CT molecular complexity index is 1010. The first-order valence-electron chi connectivity index (χ1n) is 8.68. The fourth-order valence-electron chi connectivity index (χ4n) is 2.75. The lowest BCUT2D eigenvalue weighted by Crippen LogP contribution is -2.21. The number of carbonyl (C=O) groups excluding carboxylic acids is 1. The number of hydrogen-bond donors (Lipinski definition) is 0. The summed E-state index contributed by atoms with van der Waals surface area (Å²) in [5.74, 6) is 0.731. The first kappa shape index (κ1) is 19.5. The van der Waals surface area contributed by atoms with Crippen LogP contribution in [0.1, 0.15) is 19.4 Å². The van der Waals surface area contributed by atoms with Gasteiger partial charge in [0.1, 0.15) is 6.07 Å². The lowest BCUT2D eigenvalue weighted by Gasteiger charge is -2.13. The van der Waals surface area contributed by atoms with Crippen LogP contribution in [-0.2, 0) is 4.79 Å². The van der Waals surface area contributed by atoms with Gasteiger partial charge in [-0.3, -0.25) is 4.79 Å². The van der Waals surface area contributed by atoms with E-state index >= 15 is 0 Å². The number of rotatable bonds is 6. The van der Waals surface area contributed by atoms with Crippen LogP contribution in [0.5, 0.6) is 11.5 Å². The van der Waals surface area contributed by atoms with E-state index in [1.165, 1.54) is 5.01 Å². The highest BCUT2D eigenvalue weighted by Crippen LogP contribution is 2.32. The van der Waals surface area contributed by atoms with Gasteiger partial charge in [-0.05, 0) is 49.8 Å². The van der Waals surface area contributed by atoms with Crippen molar-refractivity contribution >= 4 is 35.0 Å². The molecule has 142 valence electrons. The number of nitriles is 1. The SMILES string of the molecule is CCOc1cc(/C=C2\C(=O)N(c3ccccc3Cl)N=C2C)ccc1OCC#N. The summed E-state index contributed by atoms with van der Waals surface area (Å²) in [5.41, 5.74) is 2.35. The van der Waals surface area contributed by atoms with Gasteiger partial charge in [-0.15, -0.1) is 0 Å². The van der Waals surface area contributed by atoms with Gasteiger partial charge in [0.15, 0.2) is 18.1 Å². The van der Waals surface area contributed by atoms with Crippen LogP contribution in [0.25, 0.3) is 6.08 Å². The Hall–Kier alpha value is -3.30. The van der Waals surface area contributed by atoms with Crippen LogP contribution in [0.4, 0.5) is 5.69 Å². The molecule has 6 nitrogen and oxygen atoms in total. The zero-order valence-electron chi connectivity index (χ0n) is 15.5. The summed E-state index contributed by atoms with van der Waals surface area (Å²) in [7, 11) is 0. The molecular weight excluding hydrogens is 378 g/mol. The van der Waals surface area contributed by atoms with Crippen molar-refractivity contribution < 1.29 is 14.3 Å². The van der Waals surface area contributed by atoms with Gasteiger partial charge in [0.25, 0.3) is 5.91 Å². The molecule has 0 aromatic heterocycles. The fraction of sp³-hybridized carbons (Fsp3) is 0.190. The Labute approximate surface area is 168 Å². The van der Waals surface area contributed by atoms with Gasteiger partial charge in [0.2, 0.25) is 0 Å². The molecule has 7 heteroatoms. The molecule has 2 aromatic rings. The monoisotopic (exact) mass is 395 g/mol. The van der Waals surface area contributed by atoms with Gasteiger partial charge in [-0.2, -0.15) is 15.4 Å². The van der Waals surface area contributed by atoms with Gasteiger partial charge in [0.05, 0.1) is 28.6 Å². The average molecular weight is 396 g/mol. The molecule has 28 heavy (non-hydrogen) atoms. The van der Waals surface area contributed by atoms with Crippen molar-refractivity contribution in [2.75, 3.05) is 18.2 Å². The molecule has 0 radical (unpaired) electrons. The minimum absolute atomic E-state index is 0.0719. The standard InChI is InChI=1S/C21H18ClN3O3/c1-3-27-20-13-15(8-9-19(20)28-11-10-23)12-16-14(2)24-25(21(16)26)18-7-5-4-6-17(18)22/h4-9,12-13H,3,11H2,1-2H3/b16-12-. The summed E-state index contributed by atoms with van der Waals surface area (Å²) in [6, 6.07) is 14.3. The van der Waals surface area contributed by atoms with E-state index in [1.807, 2.05) is 13.0 Å². The van der Waals surface area contributed by atoms with Crippen LogP contribution in [0, 0.1) is 11.3 Å². The molecule has 0 saturated heterocycles. The van der Waals surface area contributed by atoms with Crippen molar-refractivity contribution in [2.45, 2.75) is 13.8 Å². The molecule has 2 aromatic carbocycles. The van der Waals surface area contributed by atoms with Crippen LogP contribution in [0.2, 0.25) is 5.02 Å². The first-order valence-corrected chi connectivity index (χ1v) is 9.05. The maximum atomic E-state index is 12.9. The topological polar surface area (TPSA) is 74.9 Å². The molecule has 0 unspecified atom stereocenters. The Balaban J connectivity index is 1.92. The molecule has 0 N–H and O–H groups in total. The first-order chi connectivity index (χ1) is 13.5. The minimum Gasteiger partial charge on any atom is -0.490 e. The van der Waals surface area contributed by atoms with E-state index in [0.717, 1.165) is 5.56 Å². The number of para-hydroxylation sites is 1. The van der Waals surface area contributed by atoms with E-state index in [-0.39, 0.29) is 12.5 Å². The largest absolute Gasteiger partial charge is 0.490 e. The van der Waals surface area contributed by atoms with Crippen molar-refractivity contribution in [1.82, 2.24) is 0 Å². The van der Waals surface area contributed by atoms with Crippen LogP contribution < -0.4 is 14.5 Å². The van der Waals surface area contributed by atoms with E-state index in [0.29, 0.717) is 40.1 Å². The van der Waals surface area contributed by atoms with E-state index in [9.17, 15) is 4.79 Å². The lowest BCUT2D eigenvalue weighted by atomic mass is 10.1. The van der Waals surface area contributed by atoms with Gasteiger partial charge in [-0.1, -0.05) is 29.8 Å². The molecule has 1 aliphatic heterocycles. The molecule has 1 amide bonds. The normalized spacial score (nSPS) is 14.8. The quantitative estimate of drug-likeness (QED) is 0.677. The number of ether oxygens (including phenoxy) is 2. The van der Waals surface area contributed by atoms with Gasteiger partial charge in [0, 0.05) is 0 Å². The third kappa shape index (κ3) is 4.00. The van der Waals surface area contributed by atoms with Crippen molar-refractivity contribution in [2.24, 2.45) is 5.10 Å². The summed E-state index contributed by atoms with van der Waals surface area (Å²) in [4.78, 5) is 12.9. The Morgan fingerprint density at radius 1 is 1.21 bits per heavy atom. The number of hydrazone groups is 1. The highest BCUT2D eigenvalue weighted by molar-refractivity contribution is 6.37. The fourth-order valence-corrected chi connectivity index (χ4v) is 2.97. The third-order valence-corrected chi connectivity index (χ3v) is 4.33. The van der Waals surface area contributed by atoms with Crippen LogP contribution in [0.15, 0.2) is 53.1 Å². The Morgan fingerprint density at radius 3 is 2.71 bits per heavy atom. The summed E-state index contributed by atoms with van der Waals surface area (Å²) < 4.78 is 11.0. The summed E-state index contributed by atoms with van der Waals surface area (Å²) in [6.45, 7) is 4.01. The van der Waals surface area contributed by atoms with E-state index in [1.54, 1.807) is 55.5 Å². The molecular formula is C21H18ClN3O3. The number of anilines is 1. The summed E-state index contributed by atoms with van der Waals surface area (Å²) in [6.07, 6.45) is 1.74. The Morgan fingerprint density at radius 2 is 2.00 bits per heavy atom. The second-order valence-corrected chi connectivity index (χ2v) is 6.30. The van der Waals surface area contributed by atoms with Crippen molar-refractivity contribution in [3.8, 4) is 17.6 Å². The summed E-state index contributed by atoms with van der Waals surface area (Å²) in [5, 5.41) is 14.8. The molecule has 0 atom stereocenters. The van der Waals surface area contributed by atoms with Gasteiger partial charge in [-0.25, -0.2) is 0 Å². The number of benzene rings is 2. The number of carbonyl (C=O) groups is 1. The predicted molar refractivity (Wildman–Crippen MR) is 109 cm³/mol. The second-order valence-electron chi connectivity index (χ2n) is 5.90. The maximum absolute atomic E-state index is 12.9. The van der Waals surface area contributed by atoms with Gasteiger partial charge >= 0.3 is 0 Å². The zero-order valence-corrected chi connectivity index (χ0v) is 16.2. The van der Waals surface area contributed by atoms with Crippen molar-refractivity contribution in [3.05, 3.63) is 58.6 Å². The molecule has 0 spiro atoms. The van der Waals surface area contributed by atoms with E-state index < -0.39 is 0 Å². The van der Waals surface area contributed by atoms with Crippen molar-refractivity contribution in [3.63, 3.8) is 0 Å². The number of halogens is 1. The highest BCUT2D eigenvalue weighted by atomic mass is 35.5. The predicted octanol–water partition coefficient (Wildman–Crippen LogP) is 4.45. The molecule has 0 aliphatic carbocycles. The Kier molecular flexibility index (Phi) is 5.97. The molecule has 0 bridgehead atoms. The van der Waals surface area contributed by atoms with E-state index in [2.05, 4.69) is 5.10 Å². The maximum Gasteiger partial charge on any atom is 0.280 e. The number of amides is 1. The summed E-state index contributed by atoms with van der Waals surface area (Å²) >= 11 is 6.20. The van der Waals surface area contributed by atoms with Crippen LogP contribution >= 0.6 is 11.6 Å². The molecule has 0 saturated carbocycles. The smallest absolute Gasteiger partial charge is 0.280 e.